The van der Waals surface area contributed by atoms with Crippen LogP contribution in [0.4, 0.5) is 11.4 Å². The molecule has 1 amide bonds. The van der Waals surface area contributed by atoms with E-state index in [2.05, 4.69) is 10.6 Å². The molecular weight excluding hydrogens is 364 g/mol. The first-order valence-corrected chi connectivity index (χ1v) is 8.62. The largest absolute Gasteiger partial charge is 0.497 e. The molecule has 0 spiro atoms. The van der Waals surface area contributed by atoms with Crippen molar-refractivity contribution >= 4 is 17.3 Å². The smallest absolute Gasteiger partial charge is 0.226 e. The molecule has 0 aromatic heterocycles. The number of methoxy groups -OCH3 is 5. The van der Waals surface area contributed by atoms with Gasteiger partial charge in [-0.3, -0.25) is 4.79 Å². The lowest BCUT2D eigenvalue weighted by Gasteiger charge is -2.15. The van der Waals surface area contributed by atoms with Crippen molar-refractivity contribution in [3.63, 3.8) is 0 Å². The summed E-state index contributed by atoms with van der Waals surface area (Å²) >= 11 is 0. The minimum Gasteiger partial charge on any atom is -0.497 e. The molecule has 0 atom stereocenters. The number of ether oxygens (including phenoxy) is 5. The normalized spacial score (nSPS) is 10.0. The van der Waals surface area contributed by atoms with Crippen molar-refractivity contribution in [2.45, 2.75) is 6.42 Å². The van der Waals surface area contributed by atoms with Gasteiger partial charge in [0.15, 0.2) is 11.5 Å². The average Bonchev–Trinajstić information content (AvgIpc) is 2.72. The third-order valence-electron chi connectivity index (χ3n) is 4.03. The minimum atomic E-state index is -0.161. The Morgan fingerprint density at radius 1 is 0.821 bits per heavy atom. The van der Waals surface area contributed by atoms with E-state index in [-0.39, 0.29) is 12.3 Å². The predicted molar refractivity (Wildman–Crippen MR) is 107 cm³/mol. The fraction of sp³-hybridized carbons (Fsp3) is 0.350. The van der Waals surface area contributed by atoms with Crippen LogP contribution >= 0.6 is 0 Å². The topological polar surface area (TPSA) is 87.3 Å². The van der Waals surface area contributed by atoms with Gasteiger partial charge in [-0.1, -0.05) is 0 Å². The summed E-state index contributed by atoms with van der Waals surface area (Å²) in [7, 11) is 7.76. The molecule has 0 unspecified atom stereocenters. The fourth-order valence-electron chi connectivity index (χ4n) is 2.63. The van der Waals surface area contributed by atoms with E-state index in [4.69, 9.17) is 23.7 Å². The van der Waals surface area contributed by atoms with Gasteiger partial charge in [0.2, 0.25) is 11.7 Å². The molecule has 0 fully saturated rings. The van der Waals surface area contributed by atoms with E-state index in [0.29, 0.717) is 41.0 Å². The first-order valence-electron chi connectivity index (χ1n) is 8.62. The van der Waals surface area contributed by atoms with Crippen LogP contribution in [0.25, 0.3) is 0 Å². The Kier molecular flexibility index (Phi) is 7.62. The standard InChI is InChI=1S/C20H26N2O6/c1-24-14-6-7-16(25-2)15(12-14)22-19(23)8-9-21-13-10-17(26-3)20(28-5)18(11-13)27-4/h6-7,10-12,21H,8-9H2,1-5H3,(H,22,23). The SMILES string of the molecule is COc1ccc(OC)c(NC(=O)CCNc2cc(OC)c(OC)c(OC)c2)c1. The second-order valence-electron chi connectivity index (χ2n) is 5.71. The Labute approximate surface area is 164 Å². The Balaban J connectivity index is 1.99. The van der Waals surface area contributed by atoms with Gasteiger partial charge in [0.05, 0.1) is 41.2 Å². The van der Waals surface area contributed by atoms with Crippen LogP contribution in [0.1, 0.15) is 6.42 Å². The molecule has 2 aromatic carbocycles. The number of rotatable bonds is 10. The molecule has 0 bridgehead atoms. The van der Waals surface area contributed by atoms with Crippen molar-refractivity contribution in [2.75, 3.05) is 52.7 Å². The Bertz CT molecular complexity index is 784. The molecular formula is C20H26N2O6. The van der Waals surface area contributed by atoms with E-state index in [1.54, 1.807) is 65.9 Å². The number of carbonyl (C=O) groups is 1. The van der Waals surface area contributed by atoms with Gasteiger partial charge in [-0.05, 0) is 12.1 Å². The predicted octanol–water partition coefficient (Wildman–Crippen LogP) is 3.17. The van der Waals surface area contributed by atoms with Crippen LogP contribution in [0.2, 0.25) is 0 Å². The van der Waals surface area contributed by atoms with Gasteiger partial charge in [-0.2, -0.15) is 0 Å². The van der Waals surface area contributed by atoms with Gasteiger partial charge in [0.1, 0.15) is 11.5 Å². The number of amides is 1. The molecule has 0 aliphatic heterocycles. The number of hydrogen-bond donors (Lipinski definition) is 2. The minimum absolute atomic E-state index is 0.161. The summed E-state index contributed by atoms with van der Waals surface area (Å²) in [5.74, 6) is 2.62. The average molecular weight is 390 g/mol. The lowest BCUT2D eigenvalue weighted by Crippen LogP contribution is -2.16. The zero-order valence-electron chi connectivity index (χ0n) is 16.8. The number of nitrogens with one attached hydrogen (secondary N) is 2. The van der Waals surface area contributed by atoms with E-state index in [0.717, 1.165) is 5.69 Å². The molecule has 0 aliphatic rings. The van der Waals surface area contributed by atoms with Crippen molar-refractivity contribution in [1.82, 2.24) is 0 Å². The van der Waals surface area contributed by atoms with E-state index in [9.17, 15) is 4.79 Å². The van der Waals surface area contributed by atoms with Crippen molar-refractivity contribution in [1.29, 1.82) is 0 Å². The number of carbonyl (C=O) groups excluding carboxylic acids is 1. The van der Waals surface area contributed by atoms with E-state index >= 15 is 0 Å². The molecule has 8 heteroatoms. The zero-order chi connectivity index (χ0) is 20.5. The monoisotopic (exact) mass is 390 g/mol. The number of hydrogen-bond acceptors (Lipinski definition) is 7. The van der Waals surface area contributed by atoms with E-state index in [1.807, 2.05) is 0 Å². The third-order valence-corrected chi connectivity index (χ3v) is 4.03. The summed E-state index contributed by atoms with van der Waals surface area (Å²) in [4.78, 5) is 12.3. The molecule has 0 saturated heterocycles. The molecule has 0 saturated carbocycles. The van der Waals surface area contributed by atoms with Gasteiger partial charge in [0, 0.05) is 36.9 Å². The quantitative estimate of drug-likeness (QED) is 0.644. The Hall–Kier alpha value is -3.29. The second kappa shape index (κ2) is 10.1. The number of anilines is 2. The summed E-state index contributed by atoms with van der Waals surface area (Å²) in [6, 6.07) is 8.78. The maximum Gasteiger partial charge on any atom is 0.226 e. The first-order chi connectivity index (χ1) is 13.6. The molecule has 0 radical (unpaired) electrons. The highest BCUT2D eigenvalue weighted by Gasteiger charge is 2.14. The van der Waals surface area contributed by atoms with Crippen LogP contribution < -0.4 is 34.3 Å². The second-order valence-corrected chi connectivity index (χ2v) is 5.71. The summed E-state index contributed by atoms with van der Waals surface area (Å²) in [5, 5.41) is 6.01. The van der Waals surface area contributed by atoms with Crippen LogP contribution in [-0.2, 0) is 4.79 Å². The Morgan fingerprint density at radius 3 is 2.00 bits per heavy atom. The van der Waals surface area contributed by atoms with Gasteiger partial charge in [-0.25, -0.2) is 0 Å². The third kappa shape index (κ3) is 5.12. The van der Waals surface area contributed by atoms with Gasteiger partial charge >= 0.3 is 0 Å². The lowest BCUT2D eigenvalue weighted by molar-refractivity contribution is -0.116. The van der Waals surface area contributed by atoms with Gasteiger partial charge in [-0.15, -0.1) is 0 Å². The maximum atomic E-state index is 12.3. The van der Waals surface area contributed by atoms with Crippen molar-refractivity contribution < 1.29 is 28.5 Å². The molecule has 152 valence electrons. The molecule has 8 nitrogen and oxygen atoms in total. The van der Waals surface area contributed by atoms with Gasteiger partial charge < -0.3 is 34.3 Å². The molecule has 0 aliphatic carbocycles. The molecule has 28 heavy (non-hydrogen) atoms. The highest BCUT2D eigenvalue weighted by Crippen LogP contribution is 2.39. The van der Waals surface area contributed by atoms with Crippen molar-refractivity contribution in [3.05, 3.63) is 30.3 Å². The Morgan fingerprint density at radius 2 is 1.46 bits per heavy atom. The summed E-state index contributed by atoms with van der Waals surface area (Å²) in [6.07, 6.45) is 0.247. The maximum absolute atomic E-state index is 12.3. The summed E-state index contributed by atoms with van der Waals surface area (Å²) in [5.41, 5.74) is 1.31. The van der Waals surface area contributed by atoms with Crippen molar-refractivity contribution in [2.24, 2.45) is 0 Å². The zero-order valence-corrected chi connectivity index (χ0v) is 16.8. The molecule has 2 aromatic rings. The number of benzene rings is 2. The van der Waals surface area contributed by atoms with Crippen LogP contribution in [-0.4, -0.2) is 48.0 Å². The highest BCUT2D eigenvalue weighted by molar-refractivity contribution is 5.92. The van der Waals surface area contributed by atoms with E-state index < -0.39 is 0 Å². The van der Waals surface area contributed by atoms with Crippen LogP contribution in [0.15, 0.2) is 30.3 Å². The first kappa shape index (κ1) is 21.0. The summed E-state index contributed by atoms with van der Waals surface area (Å²) < 4.78 is 26.4. The highest BCUT2D eigenvalue weighted by atomic mass is 16.5. The van der Waals surface area contributed by atoms with E-state index in [1.165, 1.54) is 0 Å². The van der Waals surface area contributed by atoms with Gasteiger partial charge in [0.25, 0.3) is 0 Å². The van der Waals surface area contributed by atoms with Crippen LogP contribution in [0, 0.1) is 0 Å². The van der Waals surface area contributed by atoms with Crippen LogP contribution in [0.5, 0.6) is 28.7 Å². The molecule has 2 rings (SSSR count). The van der Waals surface area contributed by atoms with Crippen LogP contribution in [0.3, 0.4) is 0 Å². The fourth-order valence-corrected chi connectivity index (χ4v) is 2.63. The summed E-state index contributed by atoms with van der Waals surface area (Å²) in [6.45, 7) is 0.413. The molecule has 0 heterocycles. The lowest BCUT2D eigenvalue weighted by atomic mass is 10.2. The molecule has 2 N–H and O–H groups in total. The van der Waals surface area contributed by atoms with Crippen molar-refractivity contribution in [3.8, 4) is 28.7 Å².